The Morgan fingerprint density at radius 1 is 1.44 bits per heavy atom. The third-order valence-electron chi connectivity index (χ3n) is 2.62. The molecule has 1 rings (SSSR count). The van der Waals surface area contributed by atoms with E-state index in [1.165, 1.54) is 19.3 Å². The number of nitrogens with zero attached hydrogens (tertiary/aromatic N) is 2. The average Bonchev–Trinajstić information content (AvgIpc) is 2.73. The van der Waals surface area contributed by atoms with Crippen LogP contribution in [0.4, 0.5) is 5.13 Å². The average molecular weight is 241 g/mol. The van der Waals surface area contributed by atoms with Crippen molar-refractivity contribution in [3.05, 3.63) is 11.1 Å². The highest BCUT2D eigenvalue weighted by atomic mass is 32.1. The lowest BCUT2D eigenvalue weighted by molar-refractivity contribution is 0.460. The highest BCUT2D eigenvalue weighted by Gasteiger charge is 2.07. The van der Waals surface area contributed by atoms with Gasteiger partial charge in [0.25, 0.3) is 0 Å². The highest BCUT2D eigenvalue weighted by molar-refractivity contribution is 7.13. The van der Waals surface area contributed by atoms with Crippen LogP contribution in [0, 0.1) is 0 Å². The molecule has 0 aliphatic rings. The van der Waals surface area contributed by atoms with Gasteiger partial charge in [0.15, 0.2) is 5.13 Å². The maximum absolute atomic E-state index is 4.56. The molecule has 0 saturated carbocycles. The number of nitrogens with one attached hydrogen (secondary N) is 1. The normalized spacial score (nSPS) is 12.8. The molecule has 1 aromatic rings. The second-order valence-corrected chi connectivity index (χ2v) is 5.13. The second-order valence-electron chi connectivity index (χ2n) is 4.29. The Morgan fingerprint density at radius 2 is 2.19 bits per heavy atom. The summed E-state index contributed by atoms with van der Waals surface area (Å²) in [6.45, 7) is 5.36. The quantitative estimate of drug-likeness (QED) is 0.795. The first-order valence-corrected chi connectivity index (χ1v) is 6.90. The van der Waals surface area contributed by atoms with E-state index in [1.54, 1.807) is 11.3 Å². The van der Waals surface area contributed by atoms with E-state index < -0.39 is 0 Å². The monoisotopic (exact) mass is 241 g/mol. The summed E-state index contributed by atoms with van der Waals surface area (Å²) in [5, 5.41) is 6.79. The molecule has 92 valence electrons. The van der Waals surface area contributed by atoms with Crippen LogP contribution in [0.15, 0.2) is 5.38 Å². The van der Waals surface area contributed by atoms with Crippen LogP contribution in [0.5, 0.6) is 0 Å². The van der Waals surface area contributed by atoms with Gasteiger partial charge in [-0.1, -0.05) is 20.3 Å². The maximum Gasteiger partial charge on any atom is 0.185 e. The molecule has 1 aromatic heterocycles. The van der Waals surface area contributed by atoms with E-state index in [2.05, 4.69) is 34.4 Å². The van der Waals surface area contributed by atoms with Crippen molar-refractivity contribution < 1.29 is 0 Å². The van der Waals surface area contributed by atoms with Gasteiger partial charge < -0.3 is 10.2 Å². The smallest absolute Gasteiger partial charge is 0.185 e. The zero-order valence-corrected chi connectivity index (χ0v) is 11.6. The first-order chi connectivity index (χ1) is 7.67. The fourth-order valence-electron chi connectivity index (χ4n) is 1.63. The van der Waals surface area contributed by atoms with E-state index in [1.807, 2.05) is 14.1 Å². The Morgan fingerprint density at radius 3 is 2.69 bits per heavy atom. The van der Waals surface area contributed by atoms with Gasteiger partial charge in [-0.2, -0.15) is 0 Å². The van der Waals surface area contributed by atoms with Crippen molar-refractivity contribution in [1.29, 1.82) is 0 Å². The van der Waals surface area contributed by atoms with E-state index in [-0.39, 0.29) is 0 Å². The zero-order chi connectivity index (χ0) is 12.0. The SMILES string of the molecule is CCCC(CC)NCc1csc(N(C)C)n1. The predicted octanol–water partition coefficient (Wildman–Crippen LogP) is 2.88. The molecule has 0 spiro atoms. The molecule has 1 N–H and O–H groups in total. The summed E-state index contributed by atoms with van der Waals surface area (Å²) >= 11 is 1.71. The van der Waals surface area contributed by atoms with E-state index in [9.17, 15) is 0 Å². The first kappa shape index (κ1) is 13.5. The molecule has 0 bridgehead atoms. The minimum Gasteiger partial charge on any atom is -0.354 e. The standard InChI is InChI=1S/C12H23N3S/c1-5-7-10(6-2)13-8-11-9-16-12(14-11)15(3)4/h9-10,13H,5-8H2,1-4H3. The molecule has 1 unspecified atom stereocenters. The van der Waals surface area contributed by atoms with Crippen molar-refractivity contribution in [3.8, 4) is 0 Å². The van der Waals surface area contributed by atoms with Gasteiger partial charge in [0.1, 0.15) is 0 Å². The van der Waals surface area contributed by atoms with Crippen LogP contribution < -0.4 is 10.2 Å². The summed E-state index contributed by atoms with van der Waals surface area (Å²) in [5.74, 6) is 0. The van der Waals surface area contributed by atoms with E-state index in [4.69, 9.17) is 0 Å². The van der Waals surface area contributed by atoms with Gasteiger partial charge in [0.2, 0.25) is 0 Å². The number of aromatic nitrogens is 1. The largest absolute Gasteiger partial charge is 0.354 e. The van der Waals surface area contributed by atoms with Gasteiger partial charge in [-0.25, -0.2) is 4.98 Å². The lowest BCUT2D eigenvalue weighted by Crippen LogP contribution is -2.27. The second kappa shape index (κ2) is 6.86. The lowest BCUT2D eigenvalue weighted by Gasteiger charge is -2.14. The van der Waals surface area contributed by atoms with Gasteiger partial charge in [0, 0.05) is 32.1 Å². The van der Waals surface area contributed by atoms with Crippen molar-refractivity contribution in [1.82, 2.24) is 10.3 Å². The summed E-state index contributed by atoms with van der Waals surface area (Å²) in [6.07, 6.45) is 3.69. The van der Waals surface area contributed by atoms with Crippen molar-refractivity contribution in [3.63, 3.8) is 0 Å². The summed E-state index contributed by atoms with van der Waals surface area (Å²) < 4.78 is 0. The Labute approximate surface area is 103 Å². The molecule has 0 aromatic carbocycles. The van der Waals surface area contributed by atoms with Crippen molar-refractivity contribution in [2.45, 2.75) is 45.7 Å². The van der Waals surface area contributed by atoms with Crippen LogP contribution in [0.3, 0.4) is 0 Å². The van der Waals surface area contributed by atoms with Crippen molar-refractivity contribution in [2.75, 3.05) is 19.0 Å². The van der Waals surface area contributed by atoms with Crippen LogP contribution in [0.2, 0.25) is 0 Å². The van der Waals surface area contributed by atoms with Crippen molar-refractivity contribution in [2.24, 2.45) is 0 Å². The Balaban J connectivity index is 2.41. The van der Waals surface area contributed by atoms with Crippen LogP contribution >= 0.6 is 11.3 Å². The predicted molar refractivity (Wildman–Crippen MR) is 72.3 cm³/mol. The molecule has 16 heavy (non-hydrogen) atoms. The molecule has 1 heterocycles. The van der Waals surface area contributed by atoms with Crippen LogP contribution in [0.1, 0.15) is 38.8 Å². The molecular formula is C12H23N3S. The molecule has 0 fully saturated rings. The summed E-state index contributed by atoms with van der Waals surface area (Å²) in [4.78, 5) is 6.61. The first-order valence-electron chi connectivity index (χ1n) is 6.02. The third kappa shape index (κ3) is 4.10. The zero-order valence-electron chi connectivity index (χ0n) is 10.8. The Bertz CT molecular complexity index is 296. The fourth-order valence-corrected chi connectivity index (χ4v) is 2.39. The van der Waals surface area contributed by atoms with Gasteiger partial charge in [-0.05, 0) is 12.8 Å². The van der Waals surface area contributed by atoms with Gasteiger partial charge in [-0.3, -0.25) is 0 Å². The molecular weight excluding hydrogens is 218 g/mol. The Hall–Kier alpha value is -0.610. The van der Waals surface area contributed by atoms with Crippen molar-refractivity contribution >= 4 is 16.5 Å². The van der Waals surface area contributed by atoms with Gasteiger partial charge in [-0.15, -0.1) is 11.3 Å². The molecule has 1 atom stereocenters. The minimum absolute atomic E-state index is 0.634. The lowest BCUT2D eigenvalue weighted by atomic mass is 10.1. The molecule has 0 radical (unpaired) electrons. The topological polar surface area (TPSA) is 28.2 Å². The molecule has 3 nitrogen and oxygen atoms in total. The molecule has 4 heteroatoms. The maximum atomic E-state index is 4.56. The molecule has 0 saturated heterocycles. The summed E-state index contributed by atoms with van der Waals surface area (Å²) in [6, 6.07) is 0.634. The molecule has 0 aliphatic heterocycles. The fraction of sp³-hybridized carbons (Fsp3) is 0.750. The van der Waals surface area contributed by atoms with Crippen LogP contribution in [0.25, 0.3) is 0 Å². The van der Waals surface area contributed by atoms with Gasteiger partial charge in [0.05, 0.1) is 5.69 Å². The van der Waals surface area contributed by atoms with Crippen LogP contribution in [-0.2, 0) is 6.54 Å². The van der Waals surface area contributed by atoms with E-state index >= 15 is 0 Å². The van der Waals surface area contributed by atoms with Crippen LogP contribution in [-0.4, -0.2) is 25.1 Å². The third-order valence-corrected chi connectivity index (χ3v) is 3.68. The summed E-state index contributed by atoms with van der Waals surface area (Å²) in [7, 11) is 4.06. The van der Waals surface area contributed by atoms with Gasteiger partial charge >= 0.3 is 0 Å². The molecule has 0 amide bonds. The number of anilines is 1. The number of hydrogen-bond acceptors (Lipinski definition) is 4. The number of thiazole rings is 1. The minimum atomic E-state index is 0.634. The Kier molecular flexibility index (Phi) is 5.77. The number of rotatable bonds is 7. The number of hydrogen-bond donors (Lipinski definition) is 1. The summed E-state index contributed by atoms with van der Waals surface area (Å²) in [5.41, 5.74) is 1.16. The molecule has 0 aliphatic carbocycles. The van der Waals surface area contributed by atoms with E-state index in [0.29, 0.717) is 6.04 Å². The van der Waals surface area contributed by atoms with E-state index in [0.717, 1.165) is 17.4 Å². The highest BCUT2D eigenvalue weighted by Crippen LogP contribution is 2.17.